The van der Waals surface area contributed by atoms with E-state index in [1.807, 2.05) is 0 Å². The first-order chi connectivity index (χ1) is 10.2. The van der Waals surface area contributed by atoms with Gasteiger partial charge in [0.2, 0.25) is 11.4 Å². The molecule has 1 saturated heterocycles. The topological polar surface area (TPSA) is 88.2 Å². The fourth-order valence-electron chi connectivity index (χ4n) is 2.25. The lowest BCUT2D eigenvalue weighted by molar-refractivity contribution is 0.0770. The van der Waals surface area contributed by atoms with Crippen LogP contribution in [0.25, 0.3) is 0 Å². The number of hydrogen-bond donors (Lipinski definition) is 1. The summed E-state index contributed by atoms with van der Waals surface area (Å²) < 4.78 is 5.69. The molecule has 3 heterocycles. The Morgan fingerprint density at radius 2 is 2.29 bits per heavy atom. The van der Waals surface area contributed by atoms with Crippen LogP contribution in [0.2, 0.25) is 0 Å². The quantitative estimate of drug-likeness (QED) is 0.885. The number of aromatic amines is 1. The van der Waals surface area contributed by atoms with Crippen LogP contribution in [0, 0.1) is 0 Å². The molecule has 1 aliphatic heterocycles. The van der Waals surface area contributed by atoms with Gasteiger partial charge in [0.05, 0.1) is 18.3 Å². The van der Waals surface area contributed by atoms with Crippen molar-refractivity contribution >= 4 is 5.91 Å². The van der Waals surface area contributed by atoms with Crippen molar-refractivity contribution in [2.75, 3.05) is 13.1 Å². The number of nitrogens with zero attached hydrogens (tertiary/aromatic N) is 3. The van der Waals surface area contributed by atoms with E-state index in [0.29, 0.717) is 24.5 Å². The van der Waals surface area contributed by atoms with Crippen molar-refractivity contribution in [1.29, 1.82) is 0 Å². The van der Waals surface area contributed by atoms with E-state index < -0.39 is 0 Å². The molecule has 1 aliphatic rings. The van der Waals surface area contributed by atoms with Crippen LogP contribution in [-0.4, -0.2) is 45.0 Å². The summed E-state index contributed by atoms with van der Waals surface area (Å²) in [4.78, 5) is 35.5. The van der Waals surface area contributed by atoms with Crippen molar-refractivity contribution in [2.24, 2.45) is 0 Å². The Hall–Kier alpha value is -2.70. The number of amides is 1. The summed E-state index contributed by atoms with van der Waals surface area (Å²) in [5.74, 6) is 0.345. The Labute approximate surface area is 120 Å². The summed E-state index contributed by atoms with van der Waals surface area (Å²) in [6.07, 6.45) is 6.77. The van der Waals surface area contributed by atoms with Crippen molar-refractivity contribution in [3.05, 3.63) is 52.8 Å². The van der Waals surface area contributed by atoms with Gasteiger partial charge < -0.3 is 14.6 Å². The predicted octanol–water partition coefficient (Wildman–Crippen LogP) is 0.458. The molecule has 3 rings (SSSR count). The fraction of sp³-hybridized carbons (Fsp3) is 0.286. The number of aromatic nitrogens is 3. The molecule has 0 saturated carbocycles. The minimum atomic E-state index is -0.225. The lowest BCUT2D eigenvalue weighted by Gasteiger charge is -2.16. The lowest BCUT2D eigenvalue weighted by atomic mass is 10.2. The van der Waals surface area contributed by atoms with Gasteiger partial charge in [0.15, 0.2) is 0 Å². The summed E-state index contributed by atoms with van der Waals surface area (Å²) in [6, 6.07) is 2.87. The van der Waals surface area contributed by atoms with Crippen LogP contribution in [0.15, 0.2) is 41.7 Å². The third-order valence-corrected chi connectivity index (χ3v) is 3.29. The van der Waals surface area contributed by atoms with E-state index in [1.54, 1.807) is 23.5 Å². The van der Waals surface area contributed by atoms with Crippen molar-refractivity contribution in [1.82, 2.24) is 19.9 Å². The summed E-state index contributed by atoms with van der Waals surface area (Å²) in [6.45, 7) is 1.11. The minimum Gasteiger partial charge on any atom is -0.471 e. The van der Waals surface area contributed by atoms with Crippen molar-refractivity contribution < 1.29 is 9.53 Å². The molecule has 1 amide bonds. The molecule has 2 aromatic heterocycles. The number of nitrogens with one attached hydrogen (secondary N) is 1. The maximum Gasteiger partial charge on any atom is 0.255 e. The number of H-pyrrole nitrogens is 1. The molecular weight excluding hydrogens is 272 g/mol. The Kier molecular flexibility index (Phi) is 3.63. The average molecular weight is 286 g/mol. The van der Waals surface area contributed by atoms with E-state index in [2.05, 4.69) is 15.0 Å². The van der Waals surface area contributed by atoms with Gasteiger partial charge in [-0.25, -0.2) is 4.98 Å². The van der Waals surface area contributed by atoms with Gasteiger partial charge in [0.25, 0.3) is 5.91 Å². The number of hydrogen-bond acceptors (Lipinski definition) is 5. The molecular formula is C14H14N4O3. The fourth-order valence-corrected chi connectivity index (χ4v) is 2.25. The van der Waals surface area contributed by atoms with Gasteiger partial charge in [-0.15, -0.1) is 0 Å². The third kappa shape index (κ3) is 3.07. The number of likely N-dealkylation sites (tertiary alicyclic amines) is 1. The van der Waals surface area contributed by atoms with Gasteiger partial charge in [-0.3, -0.25) is 14.6 Å². The van der Waals surface area contributed by atoms with Crippen molar-refractivity contribution in [2.45, 2.75) is 12.5 Å². The second-order valence-electron chi connectivity index (χ2n) is 4.76. The highest BCUT2D eigenvalue weighted by Crippen LogP contribution is 2.17. The van der Waals surface area contributed by atoms with E-state index in [4.69, 9.17) is 4.74 Å². The van der Waals surface area contributed by atoms with E-state index in [9.17, 15) is 9.59 Å². The molecule has 0 spiro atoms. The maximum absolute atomic E-state index is 12.3. The average Bonchev–Trinajstić information content (AvgIpc) is 2.97. The highest BCUT2D eigenvalue weighted by Gasteiger charge is 2.28. The lowest BCUT2D eigenvalue weighted by Crippen LogP contribution is -2.31. The van der Waals surface area contributed by atoms with Crippen LogP contribution in [-0.2, 0) is 0 Å². The zero-order valence-corrected chi connectivity index (χ0v) is 11.2. The van der Waals surface area contributed by atoms with E-state index in [-0.39, 0.29) is 17.6 Å². The second kappa shape index (κ2) is 5.74. The number of rotatable bonds is 3. The summed E-state index contributed by atoms with van der Waals surface area (Å²) in [5.41, 5.74) is 0.242. The molecule has 0 aromatic carbocycles. The van der Waals surface area contributed by atoms with Gasteiger partial charge >= 0.3 is 0 Å². The number of carbonyl (C=O) groups is 1. The summed E-state index contributed by atoms with van der Waals surface area (Å²) in [5, 5.41) is 0. The Morgan fingerprint density at radius 3 is 3.00 bits per heavy atom. The van der Waals surface area contributed by atoms with Crippen LogP contribution < -0.4 is 10.3 Å². The third-order valence-electron chi connectivity index (χ3n) is 3.29. The number of pyridine rings is 1. The van der Waals surface area contributed by atoms with Crippen LogP contribution >= 0.6 is 0 Å². The van der Waals surface area contributed by atoms with E-state index >= 15 is 0 Å². The molecule has 108 valence electrons. The van der Waals surface area contributed by atoms with Gasteiger partial charge in [-0.1, -0.05) is 0 Å². The molecule has 1 atom stereocenters. The monoisotopic (exact) mass is 286 g/mol. The minimum absolute atomic E-state index is 0.0894. The number of carbonyl (C=O) groups excluding carboxylic acids is 1. The number of ether oxygens (including phenoxy) is 1. The molecule has 0 bridgehead atoms. The van der Waals surface area contributed by atoms with E-state index in [1.165, 1.54) is 18.3 Å². The van der Waals surface area contributed by atoms with Crippen LogP contribution in [0.3, 0.4) is 0 Å². The Bertz CT molecular complexity index is 666. The zero-order valence-electron chi connectivity index (χ0n) is 11.2. The smallest absolute Gasteiger partial charge is 0.255 e. The van der Waals surface area contributed by atoms with Gasteiger partial charge in [0, 0.05) is 37.6 Å². The molecule has 7 nitrogen and oxygen atoms in total. The first kappa shape index (κ1) is 13.3. The largest absolute Gasteiger partial charge is 0.471 e. The summed E-state index contributed by atoms with van der Waals surface area (Å²) >= 11 is 0. The standard InChI is InChI=1S/C14H14N4O3/c19-12-2-1-10(7-17-12)14(20)18-6-3-11(9-18)21-13-8-15-4-5-16-13/h1-2,4-5,7-8,11H,3,6,9H2,(H,17,19)/t11-/m0/s1. The normalized spacial score (nSPS) is 17.7. The molecule has 21 heavy (non-hydrogen) atoms. The maximum atomic E-state index is 12.3. The molecule has 1 N–H and O–H groups in total. The van der Waals surface area contributed by atoms with Crippen molar-refractivity contribution in [3.8, 4) is 5.88 Å². The molecule has 7 heteroatoms. The predicted molar refractivity (Wildman–Crippen MR) is 74.0 cm³/mol. The molecule has 0 radical (unpaired) electrons. The summed E-state index contributed by atoms with van der Waals surface area (Å²) in [7, 11) is 0. The molecule has 0 unspecified atom stereocenters. The molecule has 0 aliphatic carbocycles. The van der Waals surface area contributed by atoms with Crippen LogP contribution in [0.5, 0.6) is 5.88 Å². The highest BCUT2D eigenvalue weighted by atomic mass is 16.5. The van der Waals surface area contributed by atoms with Gasteiger partial charge in [-0.05, 0) is 6.07 Å². The first-order valence-corrected chi connectivity index (χ1v) is 6.63. The second-order valence-corrected chi connectivity index (χ2v) is 4.76. The van der Waals surface area contributed by atoms with Crippen LogP contribution in [0.1, 0.15) is 16.8 Å². The Balaban J connectivity index is 1.63. The SMILES string of the molecule is O=C(c1ccc(=O)[nH]c1)N1CC[C@H](Oc2cnccn2)C1. The highest BCUT2D eigenvalue weighted by molar-refractivity contribution is 5.94. The Morgan fingerprint density at radius 1 is 1.38 bits per heavy atom. The van der Waals surface area contributed by atoms with Crippen molar-refractivity contribution in [3.63, 3.8) is 0 Å². The molecule has 2 aromatic rings. The van der Waals surface area contributed by atoms with Crippen LogP contribution in [0.4, 0.5) is 0 Å². The van der Waals surface area contributed by atoms with Gasteiger partial charge in [0.1, 0.15) is 6.10 Å². The molecule has 1 fully saturated rings. The first-order valence-electron chi connectivity index (χ1n) is 6.63. The van der Waals surface area contributed by atoms with E-state index in [0.717, 1.165) is 6.42 Å². The zero-order chi connectivity index (χ0) is 14.7. The van der Waals surface area contributed by atoms with Gasteiger partial charge in [-0.2, -0.15) is 0 Å².